The van der Waals surface area contributed by atoms with Gasteiger partial charge in [-0.15, -0.1) is 0 Å². The van der Waals surface area contributed by atoms with E-state index in [1.54, 1.807) is 19.1 Å². The Morgan fingerprint density at radius 1 is 1.30 bits per heavy atom. The summed E-state index contributed by atoms with van der Waals surface area (Å²) >= 11 is 1.98. The van der Waals surface area contributed by atoms with Crippen LogP contribution in [0.5, 0.6) is 11.5 Å². The number of halogens is 1. The van der Waals surface area contributed by atoms with Crippen molar-refractivity contribution in [1.82, 2.24) is 0 Å². The molecule has 0 unspecified atom stereocenters. The van der Waals surface area contributed by atoms with E-state index in [1.165, 1.54) is 6.08 Å². The largest absolute Gasteiger partial charge is 0.490 e. The van der Waals surface area contributed by atoms with Gasteiger partial charge in [-0.3, -0.25) is 0 Å². The molecule has 0 amide bonds. The Kier molecular flexibility index (Phi) is 6.29. The monoisotopic (exact) mass is 392 g/mol. The van der Waals surface area contributed by atoms with Crippen molar-refractivity contribution in [2.24, 2.45) is 0 Å². The number of carbonyl (C=O) groups is 2. The number of rotatable bonds is 7. The van der Waals surface area contributed by atoms with E-state index in [0.717, 1.165) is 6.08 Å². The average molecular weight is 392 g/mol. The number of carboxylic acids is 2. The lowest BCUT2D eigenvalue weighted by atomic mass is 10.2. The molecule has 2 N–H and O–H groups in total. The second-order valence-electron chi connectivity index (χ2n) is 3.62. The summed E-state index contributed by atoms with van der Waals surface area (Å²) in [4.78, 5) is 21.1. The number of carboxylic acid groups (broad SMARTS) is 2. The van der Waals surface area contributed by atoms with Crippen molar-refractivity contribution < 1.29 is 29.3 Å². The lowest BCUT2D eigenvalue weighted by Crippen LogP contribution is -2.11. The summed E-state index contributed by atoms with van der Waals surface area (Å²) in [6.07, 6.45) is 2.44. The van der Waals surface area contributed by atoms with Gasteiger partial charge in [-0.05, 0) is 53.3 Å². The molecule has 0 atom stereocenters. The van der Waals surface area contributed by atoms with Crippen molar-refractivity contribution >= 4 is 40.6 Å². The van der Waals surface area contributed by atoms with Crippen molar-refractivity contribution in [3.05, 3.63) is 27.3 Å². The fraction of sp³-hybridized carbons (Fsp3) is 0.231. The van der Waals surface area contributed by atoms with Gasteiger partial charge in [-0.2, -0.15) is 0 Å². The summed E-state index contributed by atoms with van der Waals surface area (Å²) in [5, 5.41) is 17.2. The maximum absolute atomic E-state index is 10.6. The molecule has 0 spiro atoms. The molecule has 0 aliphatic rings. The Hall–Kier alpha value is -1.77. The summed E-state index contributed by atoms with van der Waals surface area (Å²) in [6, 6.07) is 3.28. The van der Waals surface area contributed by atoms with Crippen LogP contribution in [-0.2, 0) is 9.59 Å². The van der Waals surface area contributed by atoms with Gasteiger partial charge in [-0.1, -0.05) is 0 Å². The van der Waals surface area contributed by atoms with Crippen LogP contribution in [-0.4, -0.2) is 35.4 Å². The lowest BCUT2D eigenvalue weighted by molar-refractivity contribution is -0.139. The first kappa shape index (κ1) is 16.3. The zero-order chi connectivity index (χ0) is 15.1. The maximum atomic E-state index is 10.6. The van der Waals surface area contributed by atoms with Crippen molar-refractivity contribution in [3.63, 3.8) is 0 Å². The highest BCUT2D eigenvalue weighted by Crippen LogP contribution is 2.34. The maximum Gasteiger partial charge on any atom is 0.341 e. The van der Waals surface area contributed by atoms with Gasteiger partial charge in [-0.25, -0.2) is 9.59 Å². The molecule has 0 aliphatic carbocycles. The van der Waals surface area contributed by atoms with Crippen LogP contribution in [0.3, 0.4) is 0 Å². The molecule has 0 radical (unpaired) electrons. The standard InChI is InChI=1S/C13H13IO6/c1-2-19-10-6-8(3-4-11(15)16)5-9(14)13(10)20-7-12(17)18/h3-6H,2,7H2,1H3,(H,15,16)(H,17,18)/b4-3+. The van der Waals surface area contributed by atoms with Gasteiger partial charge < -0.3 is 19.7 Å². The molecule has 0 saturated heterocycles. The predicted octanol–water partition coefficient (Wildman–Crippen LogP) is 2.25. The number of ether oxygens (including phenoxy) is 2. The van der Waals surface area contributed by atoms with E-state index in [4.69, 9.17) is 19.7 Å². The molecule has 7 heteroatoms. The third kappa shape index (κ3) is 5.08. The fourth-order valence-corrected chi connectivity index (χ4v) is 2.17. The Morgan fingerprint density at radius 2 is 2.00 bits per heavy atom. The van der Waals surface area contributed by atoms with Crippen LogP contribution >= 0.6 is 22.6 Å². The SMILES string of the molecule is CCOc1cc(/C=C/C(=O)O)cc(I)c1OCC(=O)O. The summed E-state index contributed by atoms with van der Waals surface area (Å²) in [7, 11) is 0. The third-order valence-corrected chi connectivity index (χ3v) is 2.89. The highest BCUT2D eigenvalue weighted by Gasteiger charge is 2.13. The molecule has 0 bridgehead atoms. The van der Waals surface area contributed by atoms with E-state index in [2.05, 4.69) is 0 Å². The second-order valence-corrected chi connectivity index (χ2v) is 4.78. The Morgan fingerprint density at radius 3 is 2.55 bits per heavy atom. The molecular weight excluding hydrogens is 379 g/mol. The van der Waals surface area contributed by atoms with E-state index < -0.39 is 18.5 Å². The summed E-state index contributed by atoms with van der Waals surface area (Å²) in [6.45, 7) is 1.69. The first-order chi connectivity index (χ1) is 9.43. The highest BCUT2D eigenvalue weighted by molar-refractivity contribution is 14.1. The van der Waals surface area contributed by atoms with E-state index in [1.807, 2.05) is 22.6 Å². The van der Waals surface area contributed by atoms with E-state index in [0.29, 0.717) is 27.2 Å². The lowest BCUT2D eigenvalue weighted by Gasteiger charge is -2.13. The highest BCUT2D eigenvalue weighted by atomic mass is 127. The number of hydrogen-bond donors (Lipinski definition) is 2. The van der Waals surface area contributed by atoms with Gasteiger partial charge in [0.2, 0.25) is 0 Å². The molecule has 20 heavy (non-hydrogen) atoms. The first-order valence-corrected chi connectivity index (χ1v) is 6.73. The zero-order valence-electron chi connectivity index (χ0n) is 10.6. The van der Waals surface area contributed by atoms with Crippen LogP contribution in [0.4, 0.5) is 0 Å². The fourth-order valence-electron chi connectivity index (χ4n) is 1.39. The summed E-state index contributed by atoms with van der Waals surface area (Å²) in [5.74, 6) is -1.42. The van der Waals surface area contributed by atoms with E-state index >= 15 is 0 Å². The van der Waals surface area contributed by atoms with Crippen molar-refractivity contribution in [2.45, 2.75) is 6.92 Å². The minimum Gasteiger partial charge on any atom is -0.490 e. The zero-order valence-corrected chi connectivity index (χ0v) is 12.8. The Bertz CT molecular complexity index is 538. The number of benzene rings is 1. The normalized spacial score (nSPS) is 10.5. The van der Waals surface area contributed by atoms with E-state index in [-0.39, 0.29) is 0 Å². The summed E-state index contributed by atoms with van der Waals surface area (Å²) < 4.78 is 11.2. The van der Waals surface area contributed by atoms with Crippen LogP contribution in [0.1, 0.15) is 12.5 Å². The first-order valence-electron chi connectivity index (χ1n) is 5.66. The molecule has 1 aromatic carbocycles. The molecule has 0 aliphatic heterocycles. The molecule has 0 fully saturated rings. The topological polar surface area (TPSA) is 93.1 Å². The average Bonchev–Trinajstić information content (AvgIpc) is 2.35. The van der Waals surface area contributed by atoms with Crippen LogP contribution < -0.4 is 9.47 Å². The molecule has 1 aromatic rings. The van der Waals surface area contributed by atoms with Gasteiger partial charge >= 0.3 is 11.9 Å². The molecule has 0 saturated carbocycles. The molecule has 0 aromatic heterocycles. The van der Waals surface area contributed by atoms with Crippen molar-refractivity contribution in [2.75, 3.05) is 13.2 Å². The van der Waals surface area contributed by atoms with E-state index in [9.17, 15) is 9.59 Å². The Labute approximate surface area is 129 Å². The molecule has 1 rings (SSSR count). The third-order valence-electron chi connectivity index (χ3n) is 2.09. The molecular formula is C13H13IO6. The molecule has 6 nitrogen and oxygen atoms in total. The Balaban J connectivity index is 3.10. The number of aliphatic carboxylic acids is 2. The minimum absolute atomic E-state index is 0.335. The quantitative estimate of drug-likeness (QED) is 0.546. The van der Waals surface area contributed by atoms with Gasteiger partial charge in [0.15, 0.2) is 18.1 Å². The number of hydrogen-bond acceptors (Lipinski definition) is 4. The van der Waals surface area contributed by atoms with Crippen molar-refractivity contribution in [1.29, 1.82) is 0 Å². The van der Waals surface area contributed by atoms with Gasteiger partial charge in [0, 0.05) is 6.08 Å². The molecule has 0 heterocycles. The van der Waals surface area contributed by atoms with Gasteiger partial charge in [0.1, 0.15) is 0 Å². The smallest absolute Gasteiger partial charge is 0.341 e. The van der Waals surface area contributed by atoms with Crippen molar-refractivity contribution in [3.8, 4) is 11.5 Å². The summed E-state index contributed by atoms with van der Waals surface area (Å²) in [5.41, 5.74) is 0.628. The second kappa shape index (κ2) is 7.73. The minimum atomic E-state index is -1.09. The van der Waals surface area contributed by atoms with Crippen LogP contribution in [0.15, 0.2) is 18.2 Å². The van der Waals surface area contributed by atoms with Crippen LogP contribution in [0.2, 0.25) is 0 Å². The van der Waals surface area contributed by atoms with Gasteiger partial charge in [0.25, 0.3) is 0 Å². The van der Waals surface area contributed by atoms with Gasteiger partial charge in [0.05, 0.1) is 10.2 Å². The predicted molar refractivity (Wildman–Crippen MR) is 80.1 cm³/mol. The van der Waals surface area contributed by atoms with Crippen LogP contribution in [0, 0.1) is 3.57 Å². The molecule has 108 valence electrons. The van der Waals surface area contributed by atoms with Crippen LogP contribution in [0.25, 0.3) is 6.08 Å².